The van der Waals surface area contributed by atoms with Crippen LogP contribution in [-0.4, -0.2) is 34.9 Å². The number of rotatable bonds is 12. The third-order valence-corrected chi connectivity index (χ3v) is 15.8. The van der Waals surface area contributed by atoms with E-state index in [0.29, 0.717) is 0 Å². The molecule has 0 bridgehead atoms. The zero-order valence-corrected chi connectivity index (χ0v) is 37.0. The highest BCUT2D eigenvalue weighted by molar-refractivity contribution is 8.32. The fraction of sp³-hybridized carbons (Fsp3) is 0.176. The van der Waals surface area contributed by atoms with E-state index < -0.39 is 26.2 Å². The van der Waals surface area contributed by atoms with Crippen molar-refractivity contribution in [3.63, 3.8) is 0 Å². The molecule has 0 N–H and O–H groups in total. The van der Waals surface area contributed by atoms with Crippen LogP contribution in [0.3, 0.4) is 0 Å². The summed E-state index contributed by atoms with van der Waals surface area (Å²) in [5, 5.41) is 2.97. The maximum Gasteiger partial charge on any atom is 0.0775 e. The van der Waals surface area contributed by atoms with E-state index in [-0.39, 0.29) is 0 Å². The Morgan fingerprint density at radius 1 is 0.327 bits per heavy atom. The van der Waals surface area contributed by atoms with Crippen LogP contribution in [0.15, 0.2) is 150 Å². The van der Waals surface area contributed by atoms with Crippen LogP contribution in [0.2, 0.25) is 39.3 Å². The van der Waals surface area contributed by atoms with Crippen molar-refractivity contribution in [1.82, 2.24) is 0 Å². The molecule has 0 atom stereocenters. The first-order chi connectivity index (χ1) is 26.1. The lowest BCUT2D eigenvalue weighted by Gasteiger charge is -2.26. The van der Waals surface area contributed by atoms with E-state index in [4.69, 9.17) is 0 Å². The molecule has 0 aromatic heterocycles. The molecular weight excluding hydrogens is 715 g/mol. The predicted molar refractivity (Wildman–Crippen MR) is 257 cm³/mol. The summed E-state index contributed by atoms with van der Waals surface area (Å²) in [6.45, 7) is 14.4. The zero-order valence-electron chi connectivity index (χ0n) is 34.2. The molecule has 0 saturated heterocycles. The summed E-state index contributed by atoms with van der Waals surface area (Å²) in [5.74, 6) is 0. The van der Waals surface area contributed by atoms with Gasteiger partial charge in [-0.3, -0.25) is 0 Å². The van der Waals surface area contributed by atoms with Gasteiger partial charge in [-0.05, 0) is 106 Å². The molecule has 6 aromatic carbocycles. The second-order valence-electron chi connectivity index (χ2n) is 17.3. The van der Waals surface area contributed by atoms with Gasteiger partial charge in [-0.15, -0.1) is 0 Å². The highest BCUT2D eigenvalue weighted by Crippen LogP contribution is 2.45. The van der Waals surface area contributed by atoms with Crippen molar-refractivity contribution >= 4 is 90.1 Å². The normalized spacial score (nSPS) is 12.9. The average Bonchev–Trinajstić information content (AvgIpc) is 3.16. The van der Waals surface area contributed by atoms with Crippen molar-refractivity contribution in [1.29, 1.82) is 0 Å². The fourth-order valence-electron chi connectivity index (χ4n) is 6.40. The van der Waals surface area contributed by atoms with Gasteiger partial charge in [0.1, 0.15) is 0 Å². The molecule has 0 aliphatic rings. The Morgan fingerprint density at radius 2 is 0.545 bits per heavy atom. The van der Waals surface area contributed by atoms with Crippen LogP contribution in [0.1, 0.15) is 33.4 Å². The number of anilines is 3. The molecule has 0 unspecified atom stereocenters. The zero-order chi connectivity index (χ0) is 39.2. The maximum absolute atomic E-state index is 2.39. The molecule has 0 amide bonds. The van der Waals surface area contributed by atoms with Gasteiger partial charge in [0.2, 0.25) is 0 Å². The highest BCUT2D eigenvalue weighted by Gasteiger charge is 2.17. The Kier molecular flexibility index (Phi) is 12.2. The van der Waals surface area contributed by atoms with Gasteiger partial charge in [-0.1, -0.05) is 183 Å². The summed E-state index contributed by atoms with van der Waals surface area (Å²) in [6.07, 6.45) is 20.2. The molecule has 55 heavy (non-hydrogen) atoms. The van der Waals surface area contributed by atoms with Crippen molar-refractivity contribution in [3.8, 4) is 0 Å². The lowest BCUT2D eigenvalue weighted by Crippen LogP contribution is -2.37. The Hall–Kier alpha value is -4.88. The summed E-state index contributed by atoms with van der Waals surface area (Å²) in [4.78, 5) is 3.77. The van der Waals surface area contributed by atoms with Gasteiger partial charge < -0.3 is 4.90 Å². The van der Waals surface area contributed by atoms with Crippen molar-refractivity contribution < 1.29 is 0 Å². The summed E-state index contributed by atoms with van der Waals surface area (Å²) in [7, 11) is -3.34. The molecule has 0 heterocycles. The smallest absolute Gasteiger partial charge is 0.0775 e. The summed E-state index contributed by atoms with van der Waals surface area (Å²) in [6, 6.07) is 53.8. The molecule has 6 rings (SSSR count). The SMILES string of the molecule is C[Si](C)(C)c1ccc(/C=C/c2ccc(N(c3ccc(/C=C/c4ccc([Si](C)(C)C)cc4)cc3)c3ccc(/C=C/c4ccc(S(C)(C)C)cc4)cc3)cc2)cc1. The lowest BCUT2D eigenvalue weighted by molar-refractivity contribution is 1.28. The van der Waals surface area contributed by atoms with Crippen LogP contribution in [0.4, 0.5) is 17.1 Å². The van der Waals surface area contributed by atoms with E-state index in [1.165, 1.54) is 48.6 Å². The Morgan fingerprint density at radius 3 is 0.764 bits per heavy atom. The minimum absolute atomic E-state index is 0.724. The highest BCUT2D eigenvalue weighted by atomic mass is 32.3. The monoisotopic (exact) mass is 771 g/mol. The first-order valence-electron chi connectivity index (χ1n) is 19.3. The van der Waals surface area contributed by atoms with Crippen LogP contribution >= 0.6 is 10.0 Å². The molecule has 280 valence electrons. The van der Waals surface area contributed by atoms with E-state index in [1.807, 2.05) is 0 Å². The fourth-order valence-corrected chi connectivity index (χ4v) is 9.69. The van der Waals surface area contributed by atoms with Crippen LogP contribution in [0.5, 0.6) is 0 Å². The van der Waals surface area contributed by atoms with Gasteiger partial charge in [0.15, 0.2) is 0 Å². The van der Waals surface area contributed by atoms with Gasteiger partial charge in [0, 0.05) is 17.1 Å². The number of benzene rings is 6. The number of nitrogens with zero attached hydrogens (tertiary/aromatic N) is 1. The predicted octanol–water partition coefficient (Wildman–Crippen LogP) is 13.8. The van der Waals surface area contributed by atoms with Gasteiger partial charge in [-0.2, -0.15) is 0 Å². The largest absolute Gasteiger partial charge is 0.311 e. The third-order valence-electron chi connectivity index (χ3n) is 10.00. The molecular formula is C51H57NSSi2. The van der Waals surface area contributed by atoms with Crippen molar-refractivity contribution in [2.24, 2.45) is 0 Å². The molecule has 6 aromatic rings. The quantitative estimate of drug-likeness (QED) is 0.0885. The second-order valence-corrected chi connectivity index (χ2v) is 31.6. The molecule has 0 fully saturated rings. The average molecular weight is 772 g/mol. The molecule has 0 spiro atoms. The van der Waals surface area contributed by atoms with Crippen molar-refractivity contribution in [3.05, 3.63) is 179 Å². The van der Waals surface area contributed by atoms with Crippen LogP contribution in [-0.2, 0) is 0 Å². The van der Waals surface area contributed by atoms with E-state index in [0.717, 1.165) is 17.1 Å². The van der Waals surface area contributed by atoms with Gasteiger partial charge in [0.05, 0.1) is 16.1 Å². The first kappa shape index (κ1) is 39.8. The maximum atomic E-state index is 2.39. The molecule has 0 radical (unpaired) electrons. The van der Waals surface area contributed by atoms with Crippen molar-refractivity contribution in [2.45, 2.75) is 44.2 Å². The topological polar surface area (TPSA) is 3.24 Å². The van der Waals surface area contributed by atoms with Crippen LogP contribution in [0, 0.1) is 0 Å². The van der Waals surface area contributed by atoms with Crippen LogP contribution < -0.4 is 15.3 Å². The van der Waals surface area contributed by atoms with Crippen molar-refractivity contribution in [2.75, 3.05) is 23.7 Å². The Balaban J connectivity index is 1.24. The Bertz CT molecular complexity index is 1980. The molecule has 0 aliphatic heterocycles. The minimum atomic E-state index is -1.31. The van der Waals surface area contributed by atoms with E-state index in [9.17, 15) is 0 Å². The first-order valence-corrected chi connectivity index (χ1v) is 29.1. The molecule has 0 aliphatic carbocycles. The van der Waals surface area contributed by atoms with E-state index >= 15 is 0 Å². The lowest BCUT2D eigenvalue weighted by atomic mass is 10.1. The molecule has 1 nitrogen and oxygen atoms in total. The summed E-state index contributed by atoms with van der Waals surface area (Å²) in [5.41, 5.74) is 10.5. The van der Waals surface area contributed by atoms with E-state index in [2.05, 4.69) is 245 Å². The molecule has 4 heteroatoms. The number of hydrogen-bond donors (Lipinski definition) is 0. The second kappa shape index (κ2) is 16.9. The standard InChI is InChI=1S/C51H57NSSi2/c1-53(2,3)49-34-22-43(23-35-49)13-10-40-16-28-46(29-17-40)52(47-30-18-41(19-31-47)11-14-44-24-36-50(37-25-44)54(4,5)6)48-32-20-42(21-33-48)12-15-45-26-38-51(39-27-45)55(7,8)9/h10-39H,1-9H3/b13-10+,14-11+,15-12+. The summed E-state index contributed by atoms with van der Waals surface area (Å²) >= 11 is 0. The van der Waals surface area contributed by atoms with Crippen LogP contribution in [0.25, 0.3) is 36.5 Å². The minimum Gasteiger partial charge on any atom is -0.311 e. The Labute approximate surface area is 335 Å². The van der Waals surface area contributed by atoms with Gasteiger partial charge in [-0.25, -0.2) is 10.0 Å². The van der Waals surface area contributed by atoms with Gasteiger partial charge in [0.25, 0.3) is 0 Å². The van der Waals surface area contributed by atoms with Gasteiger partial charge >= 0.3 is 0 Å². The molecule has 0 saturated carbocycles. The van der Waals surface area contributed by atoms with E-state index in [1.54, 1.807) is 0 Å². The summed E-state index contributed by atoms with van der Waals surface area (Å²) < 4.78 is 0. The third kappa shape index (κ3) is 10.9. The number of hydrogen-bond acceptors (Lipinski definition) is 1.